The van der Waals surface area contributed by atoms with E-state index in [-0.39, 0.29) is 17.9 Å². The normalized spacial score (nSPS) is 24.7. The Bertz CT molecular complexity index is 801. The first-order valence-corrected chi connectivity index (χ1v) is 10.0. The van der Waals surface area contributed by atoms with E-state index in [1.54, 1.807) is 0 Å². The van der Waals surface area contributed by atoms with Crippen molar-refractivity contribution < 1.29 is 9.32 Å². The lowest BCUT2D eigenvalue weighted by Crippen LogP contribution is -2.39. The van der Waals surface area contributed by atoms with Gasteiger partial charge < -0.3 is 14.3 Å². The van der Waals surface area contributed by atoms with Crippen LogP contribution in [0.2, 0.25) is 0 Å². The van der Waals surface area contributed by atoms with Gasteiger partial charge in [0, 0.05) is 37.3 Å². The summed E-state index contributed by atoms with van der Waals surface area (Å²) in [5, 5.41) is 4.19. The van der Waals surface area contributed by atoms with E-state index in [4.69, 9.17) is 4.52 Å². The molecule has 1 aromatic heterocycles. The molecule has 144 valence electrons. The van der Waals surface area contributed by atoms with Gasteiger partial charge in [0.15, 0.2) is 0 Å². The summed E-state index contributed by atoms with van der Waals surface area (Å²) in [7, 11) is 2.07. The minimum Gasteiger partial charge on any atom is -0.375 e. The topological polar surface area (TPSA) is 62.5 Å². The van der Waals surface area contributed by atoms with Gasteiger partial charge in [-0.25, -0.2) is 0 Å². The van der Waals surface area contributed by atoms with E-state index in [9.17, 15) is 4.79 Å². The van der Waals surface area contributed by atoms with E-state index in [1.807, 2.05) is 17.0 Å². The Balaban J connectivity index is 1.53. The van der Waals surface area contributed by atoms with Crippen LogP contribution in [-0.4, -0.2) is 41.1 Å². The standard InChI is InChI=1S/C21H28N4O2/c1-4-24(3)16-10-8-15(9-11-16)19-22-20(27-23-19)18-7-5-6-12-25(18)21(26)17-13-14(17)2/h8-11,14,17-18H,4-7,12-13H2,1-3H3. The Morgan fingerprint density at radius 1 is 1.30 bits per heavy atom. The van der Waals surface area contributed by atoms with Gasteiger partial charge in [0.25, 0.3) is 0 Å². The number of carbonyl (C=O) groups excluding carboxylic acids is 1. The van der Waals surface area contributed by atoms with Crippen LogP contribution in [-0.2, 0) is 4.79 Å². The predicted molar refractivity (Wildman–Crippen MR) is 104 cm³/mol. The summed E-state index contributed by atoms with van der Waals surface area (Å²) in [5.41, 5.74) is 2.09. The monoisotopic (exact) mass is 368 g/mol. The van der Waals surface area contributed by atoms with E-state index in [2.05, 4.69) is 48.1 Å². The van der Waals surface area contributed by atoms with Gasteiger partial charge in [0.05, 0.1) is 0 Å². The fourth-order valence-electron chi connectivity index (χ4n) is 3.87. The number of piperidine rings is 1. The average Bonchev–Trinajstić information content (AvgIpc) is 3.24. The molecule has 0 spiro atoms. The zero-order valence-electron chi connectivity index (χ0n) is 16.4. The van der Waals surface area contributed by atoms with Crippen molar-refractivity contribution in [2.75, 3.05) is 25.0 Å². The van der Waals surface area contributed by atoms with Crippen LogP contribution in [0, 0.1) is 11.8 Å². The van der Waals surface area contributed by atoms with Gasteiger partial charge in [-0.15, -0.1) is 0 Å². The van der Waals surface area contributed by atoms with E-state index in [0.29, 0.717) is 17.6 Å². The molecule has 27 heavy (non-hydrogen) atoms. The molecule has 1 aliphatic carbocycles. The zero-order chi connectivity index (χ0) is 19.0. The fraction of sp³-hybridized carbons (Fsp3) is 0.571. The van der Waals surface area contributed by atoms with E-state index >= 15 is 0 Å². The lowest BCUT2D eigenvalue weighted by Gasteiger charge is -2.33. The maximum Gasteiger partial charge on any atom is 0.249 e. The van der Waals surface area contributed by atoms with Gasteiger partial charge in [-0.3, -0.25) is 4.79 Å². The van der Waals surface area contributed by atoms with Crippen molar-refractivity contribution in [3.63, 3.8) is 0 Å². The van der Waals surface area contributed by atoms with Crippen molar-refractivity contribution in [1.82, 2.24) is 15.0 Å². The van der Waals surface area contributed by atoms with Crippen molar-refractivity contribution >= 4 is 11.6 Å². The van der Waals surface area contributed by atoms with Crippen LogP contribution in [0.25, 0.3) is 11.4 Å². The Morgan fingerprint density at radius 3 is 2.70 bits per heavy atom. The first-order chi connectivity index (χ1) is 13.1. The molecule has 1 saturated carbocycles. The highest BCUT2D eigenvalue weighted by Crippen LogP contribution is 2.42. The molecule has 0 N–H and O–H groups in total. The summed E-state index contributed by atoms with van der Waals surface area (Å²) in [5.74, 6) is 2.13. The largest absolute Gasteiger partial charge is 0.375 e. The molecule has 3 unspecified atom stereocenters. The summed E-state index contributed by atoms with van der Waals surface area (Å²) in [4.78, 5) is 21.6. The fourth-order valence-corrected chi connectivity index (χ4v) is 3.87. The van der Waals surface area contributed by atoms with Gasteiger partial charge in [-0.1, -0.05) is 12.1 Å². The Kier molecular flexibility index (Phi) is 4.89. The molecule has 2 fully saturated rings. The molecule has 6 nitrogen and oxygen atoms in total. The Labute approximate surface area is 160 Å². The second-order valence-electron chi connectivity index (χ2n) is 7.88. The number of carbonyl (C=O) groups is 1. The van der Waals surface area contributed by atoms with E-state index in [0.717, 1.165) is 50.0 Å². The van der Waals surface area contributed by atoms with Gasteiger partial charge >= 0.3 is 0 Å². The SMILES string of the molecule is CCN(C)c1ccc(-c2noc(C3CCCCN3C(=O)C3CC3C)n2)cc1. The number of likely N-dealkylation sites (tertiary alicyclic amines) is 1. The number of hydrogen-bond acceptors (Lipinski definition) is 5. The molecule has 1 saturated heterocycles. The molecule has 2 heterocycles. The molecule has 2 aromatic rings. The zero-order valence-corrected chi connectivity index (χ0v) is 16.4. The lowest BCUT2D eigenvalue weighted by atomic mass is 10.0. The van der Waals surface area contributed by atoms with Crippen LogP contribution in [0.4, 0.5) is 5.69 Å². The van der Waals surface area contributed by atoms with Gasteiger partial charge in [0.2, 0.25) is 17.6 Å². The van der Waals surface area contributed by atoms with E-state index in [1.165, 1.54) is 0 Å². The molecule has 4 rings (SSSR count). The molecule has 1 aromatic carbocycles. The third-order valence-corrected chi connectivity index (χ3v) is 5.98. The van der Waals surface area contributed by atoms with Crippen LogP contribution in [0.1, 0.15) is 51.5 Å². The minimum atomic E-state index is -0.0780. The minimum absolute atomic E-state index is 0.0780. The van der Waals surface area contributed by atoms with Crippen LogP contribution in [0.3, 0.4) is 0 Å². The number of nitrogens with zero attached hydrogens (tertiary/aromatic N) is 4. The number of amides is 1. The van der Waals surface area contributed by atoms with Crippen molar-refractivity contribution in [3.05, 3.63) is 30.2 Å². The number of benzene rings is 1. The van der Waals surface area contributed by atoms with Gasteiger partial charge in [0.1, 0.15) is 6.04 Å². The molecule has 6 heteroatoms. The van der Waals surface area contributed by atoms with Crippen molar-refractivity contribution in [3.8, 4) is 11.4 Å². The third-order valence-electron chi connectivity index (χ3n) is 5.98. The predicted octanol–water partition coefficient (Wildman–Crippen LogP) is 3.90. The summed E-state index contributed by atoms with van der Waals surface area (Å²) >= 11 is 0. The molecule has 1 amide bonds. The van der Waals surface area contributed by atoms with Crippen molar-refractivity contribution in [2.45, 2.75) is 45.6 Å². The van der Waals surface area contributed by atoms with Crippen LogP contribution in [0.5, 0.6) is 0 Å². The second-order valence-corrected chi connectivity index (χ2v) is 7.88. The molecule has 0 bridgehead atoms. The summed E-state index contributed by atoms with van der Waals surface area (Å²) < 4.78 is 5.60. The maximum atomic E-state index is 12.8. The van der Waals surface area contributed by atoms with Crippen LogP contribution >= 0.6 is 0 Å². The van der Waals surface area contributed by atoms with Gasteiger partial charge in [-0.2, -0.15) is 4.98 Å². The van der Waals surface area contributed by atoms with Crippen molar-refractivity contribution in [2.24, 2.45) is 11.8 Å². The number of aromatic nitrogens is 2. The molecular weight excluding hydrogens is 340 g/mol. The summed E-state index contributed by atoms with van der Waals surface area (Å²) in [6, 6.07) is 8.10. The molecule has 0 radical (unpaired) electrons. The summed E-state index contributed by atoms with van der Waals surface area (Å²) in [6.07, 6.45) is 4.05. The molecule has 2 aliphatic rings. The lowest BCUT2D eigenvalue weighted by molar-refractivity contribution is -0.137. The Hall–Kier alpha value is -2.37. The smallest absolute Gasteiger partial charge is 0.249 e. The van der Waals surface area contributed by atoms with E-state index < -0.39 is 0 Å². The average molecular weight is 368 g/mol. The molecule has 3 atom stereocenters. The molecule has 1 aliphatic heterocycles. The van der Waals surface area contributed by atoms with Crippen molar-refractivity contribution in [1.29, 1.82) is 0 Å². The first kappa shape index (κ1) is 18.0. The number of hydrogen-bond donors (Lipinski definition) is 0. The second kappa shape index (κ2) is 7.33. The highest BCUT2D eigenvalue weighted by molar-refractivity contribution is 5.82. The number of anilines is 1. The quantitative estimate of drug-likeness (QED) is 0.801. The van der Waals surface area contributed by atoms with Crippen LogP contribution < -0.4 is 4.90 Å². The summed E-state index contributed by atoms with van der Waals surface area (Å²) in [6.45, 7) is 6.02. The Morgan fingerprint density at radius 2 is 2.04 bits per heavy atom. The highest BCUT2D eigenvalue weighted by atomic mass is 16.5. The third kappa shape index (κ3) is 3.57. The maximum absolute atomic E-state index is 12.8. The van der Waals surface area contributed by atoms with Crippen LogP contribution in [0.15, 0.2) is 28.8 Å². The highest BCUT2D eigenvalue weighted by Gasteiger charge is 2.44. The van der Waals surface area contributed by atoms with Gasteiger partial charge in [-0.05, 0) is 62.8 Å². The number of rotatable bonds is 5. The first-order valence-electron chi connectivity index (χ1n) is 10.0. The molecular formula is C21H28N4O2.